The number of halogens is 2. The van der Waals surface area contributed by atoms with Crippen LogP contribution in [0.1, 0.15) is 45.1 Å². The molecule has 6 heteroatoms. The molecule has 0 unspecified atom stereocenters. The zero-order valence-corrected chi connectivity index (χ0v) is 17.6. The highest BCUT2D eigenvalue weighted by atomic mass is 127. The average Bonchev–Trinajstić information content (AvgIpc) is 2.61. The molecule has 0 spiro atoms. The fourth-order valence-electron chi connectivity index (χ4n) is 3.07. The molecule has 142 valence electrons. The highest BCUT2D eigenvalue weighted by Gasteiger charge is 2.34. The van der Waals surface area contributed by atoms with Crippen molar-refractivity contribution in [1.82, 2.24) is 10.6 Å². The van der Waals surface area contributed by atoms with Crippen molar-refractivity contribution in [2.45, 2.75) is 44.9 Å². The summed E-state index contributed by atoms with van der Waals surface area (Å²) < 4.78 is 19.3. The minimum absolute atomic E-state index is 0. The Morgan fingerprint density at radius 1 is 1.24 bits per heavy atom. The molecule has 0 atom stereocenters. The summed E-state index contributed by atoms with van der Waals surface area (Å²) in [5.41, 5.74) is 0.881. The molecule has 1 saturated heterocycles. The number of unbranched alkanes of at least 4 members (excludes halogenated alkanes) is 1. The van der Waals surface area contributed by atoms with Gasteiger partial charge in [-0.3, -0.25) is 4.99 Å². The first-order chi connectivity index (χ1) is 11.7. The lowest BCUT2D eigenvalue weighted by atomic mass is 9.74. The molecule has 1 aliphatic heterocycles. The Hall–Kier alpha value is -0.890. The average molecular weight is 463 g/mol. The van der Waals surface area contributed by atoms with Gasteiger partial charge in [0.1, 0.15) is 5.82 Å². The second kappa shape index (κ2) is 11.7. The van der Waals surface area contributed by atoms with Crippen molar-refractivity contribution in [3.8, 4) is 0 Å². The molecule has 0 amide bonds. The lowest BCUT2D eigenvalue weighted by Crippen LogP contribution is -2.41. The van der Waals surface area contributed by atoms with Crippen molar-refractivity contribution in [2.24, 2.45) is 4.99 Å². The maximum Gasteiger partial charge on any atom is 0.191 e. The van der Waals surface area contributed by atoms with Gasteiger partial charge in [0.15, 0.2) is 5.96 Å². The van der Waals surface area contributed by atoms with Gasteiger partial charge in [0.2, 0.25) is 0 Å². The van der Waals surface area contributed by atoms with Gasteiger partial charge in [-0.15, -0.1) is 24.0 Å². The van der Waals surface area contributed by atoms with Crippen LogP contribution >= 0.6 is 24.0 Å². The Balaban J connectivity index is 0.00000312. The third-order valence-electron chi connectivity index (χ3n) is 4.59. The first-order valence-corrected chi connectivity index (χ1v) is 9.06. The normalized spacial score (nSPS) is 16.8. The highest BCUT2D eigenvalue weighted by Crippen LogP contribution is 2.35. The van der Waals surface area contributed by atoms with E-state index in [4.69, 9.17) is 9.73 Å². The monoisotopic (exact) mass is 463 g/mol. The van der Waals surface area contributed by atoms with Gasteiger partial charge in [0, 0.05) is 31.7 Å². The molecule has 0 saturated carbocycles. The van der Waals surface area contributed by atoms with E-state index in [1.807, 2.05) is 6.07 Å². The number of benzene rings is 1. The zero-order valence-electron chi connectivity index (χ0n) is 15.3. The molecule has 2 rings (SSSR count). The van der Waals surface area contributed by atoms with Gasteiger partial charge in [-0.1, -0.05) is 25.5 Å². The molecule has 4 nitrogen and oxygen atoms in total. The van der Waals surface area contributed by atoms with Crippen molar-refractivity contribution in [2.75, 3.05) is 32.8 Å². The van der Waals surface area contributed by atoms with Crippen LogP contribution in [-0.4, -0.2) is 38.8 Å². The van der Waals surface area contributed by atoms with E-state index in [0.29, 0.717) is 19.8 Å². The van der Waals surface area contributed by atoms with E-state index in [9.17, 15) is 4.39 Å². The number of ether oxygens (including phenoxy) is 1. The van der Waals surface area contributed by atoms with Crippen molar-refractivity contribution in [1.29, 1.82) is 0 Å². The van der Waals surface area contributed by atoms with Crippen LogP contribution in [0.5, 0.6) is 0 Å². The minimum Gasteiger partial charge on any atom is -0.381 e. The highest BCUT2D eigenvalue weighted by molar-refractivity contribution is 14.0. The fraction of sp³-hybridized carbons (Fsp3) is 0.632. The number of hydrogen-bond acceptors (Lipinski definition) is 2. The van der Waals surface area contributed by atoms with E-state index in [1.54, 1.807) is 12.1 Å². The first kappa shape index (κ1) is 22.2. The van der Waals surface area contributed by atoms with E-state index in [-0.39, 0.29) is 35.2 Å². The van der Waals surface area contributed by atoms with Crippen LogP contribution in [0.25, 0.3) is 0 Å². The predicted molar refractivity (Wildman–Crippen MR) is 112 cm³/mol. The van der Waals surface area contributed by atoms with Crippen molar-refractivity contribution in [3.63, 3.8) is 0 Å². The summed E-state index contributed by atoms with van der Waals surface area (Å²) >= 11 is 0. The molecule has 2 N–H and O–H groups in total. The summed E-state index contributed by atoms with van der Waals surface area (Å²) in [6.07, 6.45) is 4.01. The molecule has 1 aliphatic rings. The smallest absolute Gasteiger partial charge is 0.191 e. The third kappa shape index (κ3) is 6.73. The number of rotatable bonds is 7. The van der Waals surface area contributed by atoms with Gasteiger partial charge in [0.05, 0.1) is 6.54 Å². The second-order valence-corrected chi connectivity index (χ2v) is 6.38. The van der Waals surface area contributed by atoms with E-state index < -0.39 is 0 Å². The Morgan fingerprint density at radius 3 is 2.64 bits per heavy atom. The van der Waals surface area contributed by atoms with Crippen molar-refractivity contribution < 1.29 is 9.13 Å². The van der Waals surface area contributed by atoms with Gasteiger partial charge in [-0.05, 0) is 43.9 Å². The van der Waals surface area contributed by atoms with E-state index in [0.717, 1.165) is 50.3 Å². The summed E-state index contributed by atoms with van der Waals surface area (Å²) in [7, 11) is 0. The molecule has 0 aliphatic carbocycles. The number of aliphatic imine (C=N–C) groups is 1. The van der Waals surface area contributed by atoms with Crippen LogP contribution in [0, 0.1) is 5.82 Å². The molecular formula is C19H31FIN3O. The molecule has 1 aromatic rings. The van der Waals surface area contributed by atoms with Crippen LogP contribution in [0.3, 0.4) is 0 Å². The summed E-state index contributed by atoms with van der Waals surface area (Å²) in [5.74, 6) is 0.656. The molecule has 0 aromatic heterocycles. The largest absolute Gasteiger partial charge is 0.381 e. The van der Waals surface area contributed by atoms with Crippen molar-refractivity contribution in [3.05, 3.63) is 35.6 Å². The number of guanidine groups is 1. The quantitative estimate of drug-likeness (QED) is 0.280. The van der Waals surface area contributed by atoms with Crippen LogP contribution in [0.2, 0.25) is 0 Å². The maximum absolute atomic E-state index is 13.7. The Kier molecular flexibility index (Phi) is 10.3. The second-order valence-electron chi connectivity index (χ2n) is 6.38. The lowest BCUT2D eigenvalue weighted by molar-refractivity contribution is 0.0530. The van der Waals surface area contributed by atoms with Gasteiger partial charge in [0.25, 0.3) is 0 Å². The number of nitrogens with one attached hydrogen (secondary N) is 2. The molecule has 1 fully saturated rings. The van der Waals surface area contributed by atoms with Crippen LogP contribution in [0.4, 0.5) is 4.39 Å². The number of nitrogens with zero attached hydrogens (tertiary/aromatic N) is 1. The van der Waals surface area contributed by atoms with E-state index >= 15 is 0 Å². The van der Waals surface area contributed by atoms with Gasteiger partial charge < -0.3 is 15.4 Å². The lowest BCUT2D eigenvalue weighted by Gasteiger charge is -2.36. The van der Waals surface area contributed by atoms with E-state index in [2.05, 4.69) is 24.5 Å². The Morgan fingerprint density at radius 2 is 2.00 bits per heavy atom. The summed E-state index contributed by atoms with van der Waals surface area (Å²) in [5, 5.41) is 6.67. The van der Waals surface area contributed by atoms with E-state index in [1.165, 1.54) is 6.07 Å². The first-order valence-electron chi connectivity index (χ1n) is 9.06. The molecule has 1 heterocycles. The minimum atomic E-state index is -0.185. The number of hydrogen-bond donors (Lipinski definition) is 2. The van der Waals surface area contributed by atoms with Gasteiger partial charge in [-0.25, -0.2) is 4.39 Å². The van der Waals surface area contributed by atoms with Gasteiger partial charge in [-0.2, -0.15) is 0 Å². The van der Waals surface area contributed by atoms with Crippen LogP contribution in [0.15, 0.2) is 29.3 Å². The summed E-state index contributed by atoms with van der Waals surface area (Å²) in [4.78, 5) is 4.80. The standard InChI is InChI=1S/C19H30FN3O.HI/c1-3-5-11-22-18(21-4-2)23-15-19(9-12-24-13-10-19)16-7-6-8-17(20)14-16;/h6-8,14H,3-5,9-13,15H2,1-2H3,(H2,21,22,23);1H. The predicted octanol–water partition coefficient (Wildman–Crippen LogP) is 3.85. The Bertz CT molecular complexity index is 533. The zero-order chi connectivity index (χ0) is 17.3. The van der Waals surface area contributed by atoms with Crippen molar-refractivity contribution >= 4 is 29.9 Å². The molecule has 0 radical (unpaired) electrons. The molecule has 1 aromatic carbocycles. The topological polar surface area (TPSA) is 45.7 Å². The molecular weight excluding hydrogens is 432 g/mol. The fourth-order valence-corrected chi connectivity index (χ4v) is 3.07. The SMILES string of the molecule is CCCCNC(=NCC1(c2cccc(F)c2)CCOCC1)NCC.I. The summed E-state index contributed by atoms with van der Waals surface area (Å²) in [6.45, 7) is 8.02. The van der Waals surface area contributed by atoms with Crippen LogP contribution < -0.4 is 10.6 Å². The Labute approximate surface area is 168 Å². The summed E-state index contributed by atoms with van der Waals surface area (Å²) in [6, 6.07) is 6.95. The van der Waals surface area contributed by atoms with Crippen LogP contribution in [-0.2, 0) is 10.2 Å². The van der Waals surface area contributed by atoms with Gasteiger partial charge >= 0.3 is 0 Å². The molecule has 25 heavy (non-hydrogen) atoms. The maximum atomic E-state index is 13.7. The molecule has 0 bridgehead atoms. The third-order valence-corrected chi connectivity index (χ3v) is 4.59.